The van der Waals surface area contributed by atoms with E-state index in [0.717, 1.165) is 34.7 Å². The van der Waals surface area contributed by atoms with Gasteiger partial charge in [0.2, 0.25) is 10.0 Å². The lowest BCUT2D eigenvalue weighted by molar-refractivity contribution is 0.288. The van der Waals surface area contributed by atoms with Gasteiger partial charge in [-0.05, 0) is 79.4 Å². The average molecular weight is 509 g/mol. The summed E-state index contributed by atoms with van der Waals surface area (Å²) in [6.07, 6.45) is 1.78. The molecule has 1 fully saturated rings. The fourth-order valence-corrected chi connectivity index (χ4v) is 6.38. The van der Waals surface area contributed by atoms with Gasteiger partial charge in [0, 0.05) is 29.6 Å². The summed E-state index contributed by atoms with van der Waals surface area (Å²) in [5.41, 5.74) is 2.44. The van der Waals surface area contributed by atoms with Crippen molar-refractivity contribution in [3.63, 3.8) is 0 Å². The molecule has 5 rings (SSSR count). The highest BCUT2D eigenvalue weighted by atomic mass is 32.2. The second-order valence-electron chi connectivity index (χ2n) is 8.73. The summed E-state index contributed by atoms with van der Waals surface area (Å²) in [4.78, 5) is 5.05. The number of nitrogens with zero attached hydrogens (tertiary/aromatic N) is 2. The summed E-state index contributed by atoms with van der Waals surface area (Å²) in [5.74, 6) is 1.45. The molecule has 1 aliphatic heterocycles. The number of rotatable bonds is 6. The molecule has 1 aliphatic rings. The minimum absolute atomic E-state index is 0.307. The summed E-state index contributed by atoms with van der Waals surface area (Å²) in [6.45, 7) is 3.29. The Morgan fingerprint density at radius 2 is 1.60 bits per heavy atom. The predicted molar refractivity (Wildman–Crippen MR) is 137 cm³/mol. The first-order valence-corrected chi connectivity index (χ1v) is 13.8. The van der Waals surface area contributed by atoms with E-state index >= 15 is 0 Å². The van der Waals surface area contributed by atoms with Crippen molar-refractivity contribution in [1.82, 2.24) is 9.29 Å². The second kappa shape index (κ2) is 9.89. The van der Waals surface area contributed by atoms with E-state index < -0.39 is 10.0 Å². The number of piperidine rings is 1. The molecular formula is C27H25FN2O3S2. The number of aromatic nitrogens is 1. The first-order valence-electron chi connectivity index (χ1n) is 11.5. The predicted octanol–water partition coefficient (Wildman–Crippen LogP) is 6.83. The molecule has 35 heavy (non-hydrogen) atoms. The summed E-state index contributed by atoms with van der Waals surface area (Å²) in [5, 5.41) is 2.76. The van der Waals surface area contributed by atoms with Gasteiger partial charge in [-0.2, -0.15) is 4.31 Å². The van der Waals surface area contributed by atoms with Crippen molar-refractivity contribution in [2.24, 2.45) is 5.92 Å². The van der Waals surface area contributed by atoms with Gasteiger partial charge in [0.15, 0.2) is 0 Å². The first-order chi connectivity index (χ1) is 16.9. The number of ether oxygens (including phenoxy) is 1. The van der Waals surface area contributed by atoms with Crippen LogP contribution in [0.25, 0.3) is 21.8 Å². The molecule has 0 amide bonds. The zero-order valence-corrected chi connectivity index (χ0v) is 20.9. The van der Waals surface area contributed by atoms with Crippen LogP contribution < -0.4 is 4.74 Å². The van der Waals surface area contributed by atoms with Crippen LogP contribution in [0.4, 0.5) is 4.39 Å². The summed E-state index contributed by atoms with van der Waals surface area (Å²) < 4.78 is 46.7. The lowest BCUT2D eigenvalue weighted by Crippen LogP contribution is -2.37. The number of thiazole rings is 1. The van der Waals surface area contributed by atoms with E-state index in [1.165, 1.54) is 23.5 Å². The normalized spacial score (nSPS) is 15.3. The number of sulfonamides is 1. The van der Waals surface area contributed by atoms with Gasteiger partial charge < -0.3 is 4.74 Å². The number of hydrogen-bond acceptors (Lipinski definition) is 5. The summed E-state index contributed by atoms with van der Waals surface area (Å²) >= 11 is 1.50. The van der Waals surface area contributed by atoms with Crippen molar-refractivity contribution in [2.75, 3.05) is 13.1 Å². The fourth-order valence-electron chi connectivity index (χ4n) is 4.03. The Labute approximate surface area is 208 Å². The van der Waals surface area contributed by atoms with E-state index in [1.54, 1.807) is 34.6 Å². The third-order valence-electron chi connectivity index (χ3n) is 6.16. The fraction of sp³-hybridized carbons (Fsp3) is 0.222. The van der Waals surface area contributed by atoms with Gasteiger partial charge in [-0.3, -0.25) is 0 Å². The standard InChI is InChI=1S/C27H25FN2O3S2/c1-19-13-15-30(16-14-19)35(31,32)25-4-2-3-21(17-25)26-18-34-27(29-26)20-5-9-23(10-6-20)33-24-11-7-22(28)8-12-24/h2-12,17-19H,13-16H2,1H3. The highest BCUT2D eigenvalue weighted by molar-refractivity contribution is 7.89. The SMILES string of the molecule is CC1CCN(S(=O)(=O)c2cccc(-c3csc(-c4ccc(Oc5ccc(F)cc5)cc4)n3)c2)CC1. The van der Waals surface area contributed by atoms with Crippen molar-refractivity contribution in [1.29, 1.82) is 0 Å². The maximum absolute atomic E-state index is 13.2. The maximum atomic E-state index is 13.2. The van der Waals surface area contributed by atoms with Crippen molar-refractivity contribution in [2.45, 2.75) is 24.7 Å². The van der Waals surface area contributed by atoms with E-state index in [4.69, 9.17) is 9.72 Å². The largest absolute Gasteiger partial charge is 0.457 e. The third kappa shape index (κ3) is 5.29. The second-order valence-corrected chi connectivity index (χ2v) is 11.5. The van der Waals surface area contributed by atoms with Gasteiger partial charge in [0.05, 0.1) is 10.6 Å². The Kier molecular flexibility index (Phi) is 6.69. The van der Waals surface area contributed by atoms with Crippen molar-refractivity contribution in [3.8, 4) is 33.3 Å². The molecule has 0 saturated carbocycles. The van der Waals surface area contributed by atoms with Gasteiger partial charge in [-0.25, -0.2) is 17.8 Å². The maximum Gasteiger partial charge on any atom is 0.243 e. The average Bonchev–Trinajstić information content (AvgIpc) is 3.37. The molecule has 0 atom stereocenters. The molecule has 8 heteroatoms. The van der Waals surface area contributed by atoms with E-state index in [2.05, 4.69) is 6.92 Å². The molecule has 4 aromatic rings. The molecule has 0 spiro atoms. The van der Waals surface area contributed by atoms with Gasteiger partial charge in [0.25, 0.3) is 0 Å². The molecule has 1 aromatic heterocycles. The van der Waals surface area contributed by atoms with Gasteiger partial charge >= 0.3 is 0 Å². The van der Waals surface area contributed by atoms with Gasteiger partial charge in [0.1, 0.15) is 22.3 Å². The molecule has 0 aliphatic carbocycles. The van der Waals surface area contributed by atoms with Gasteiger partial charge in [-0.1, -0.05) is 19.1 Å². The van der Waals surface area contributed by atoms with Crippen LogP contribution in [0.3, 0.4) is 0 Å². The molecule has 2 heterocycles. The smallest absolute Gasteiger partial charge is 0.243 e. The molecular weight excluding hydrogens is 483 g/mol. The molecule has 3 aromatic carbocycles. The highest BCUT2D eigenvalue weighted by Crippen LogP contribution is 2.32. The van der Waals surface area contributed by atoms with Crippen LogP contribution >= 0.6 is 11.3 Å². The van der Waals surface area contributed by atoms with Crippen molar-refractivity contribution in [3.05, 3.63) is 84.0 Å². The molecule has 180 valence electrons. The summed E-state index contributed by atoms with van der Waals surface area (Å²) in [7, 11) is -3.52. The Balaban J connectivity index is 1.33. The molecule has 5 nitrogen and oxygen atoms in total. The molecule has 0 N–H and O–H groups in total. The topological polar surface area (TPSA) is 59.5 Å². The molecule has 0 radical (unpaired) electrons. The summed E-state index contributed by atoms with van der Waals surface area (Å²) in [6, 6.07) is 20.4. The minimum Gasteiger partial charge on any atom is -0.457 e. The van der Waals surface area contributed by atoms with Crippen molar-refractivity contribution < 1.29 is 17.5 Å². The van der Waals surface area contributed by atoms with Crippen molar-refractivity contribution >= 4 is 21.4 Å². The van der Waals surface area contributed by atoms with Crippen LogP contribution in [0.15, 0.2) is 83.1 Å². The molecule has 1 saturated heterocycles. The van der Waals surface area contributed by atoms with E-state index in [-0.39, 0.29) is 5.82 Å². The molecule has 0 bridgehead atoms. The Bertz CT molecular complexity index is 1410. The molecule has 0 unspecified atom stereocenters. The van der Waals surface area contributed by atoms with Crippen LogP contribution in [0, 0.1) is 11.7 Å². The lowest BCUT2D eigenvalue weighted by atomic mass is 10.0. The Morgan fingerprint density at radius 1 is 0.943 bits per heavy atom. The zero-order chi connectivity index (χ0) is 24.4. The van der Waals surface area contributed by atoms with E-state index in [0.29, 0.717) is 35.4 Å². The van der Waals surface area contributed by atoms with Gasteiger partial charge in [-0.15, -0.1) is 11.3 Å². The third-order valence-corrected chi connectivity index (χ3v) is 8.95. The van der Waals surface area contributed by atoms with Crippen LogP contribution in [0.2, 0.25) is 0 Å². The monoisotopic (exact) mass is 508 g/mol. The Hall–Kier alpha value is -3.07. The minimum atomic E-state index is -3.52. The lowest BCUT2D eigenvalue weighted by Gasteiger charge is -2.29. The van der Waals surface area contributed by atoms with Crippen LogP contribution in [0.1, 0.15) is 19.8 Å². The quantitative estimate of drug-likeness (QED) is 0.286. The van der Waals surface area contributed by atoms with E-state index in [1.807, 2.05) is 35.7 Å². The van der Waals surface area contributed by atoms with Crippen LogP contribution in [-0.2, 0) is 10.0 Å². The highest BCUT2D eigenvalue weighted by Gasteiger charge is 2.28. The number of halogens is 1. The number of benzene rings is 3. The first kappa shape index (κ1) is 23.7. The van der Waals surface area contributed by atoms with E-state index in [9.17, 15) is 12.8 Å². The van der Waals surface area contributed by atoms with Crippen LogP contribution in [-0.4, -0.2) is 30.8 Å². The zero-order valence-electron chi connectivity index (χ0n) is 19.2. The number of hydrogen-bond donors (Lipinski definition) is 0. The Morgan fingerprint density at radius 3 is 2.29 bits per heavy atom. The van der Waals surface area contributed by atoms with Crippen LogP contribution in [0.5, 0.6) is 11.5 Å².